The zero-order valence-corrected chi connectivity index (χ0v) is 18.2. The van der Waals surface area contributed by atoms with E-state index in [-0.39, 0.29) is 4.90 Å². The van der Waals surface area contributed by atoms with Crippen LogP contribution in [0.4, 0.5) is 0 Å². The van der Waals surface area contributed by atoms with Crippen LogP contribution in [0.25, 0.3) is 10.9 Å². The highest BCUT2D eigenvalue weighted by molar-refractivity contribution is 7.89. The second-order valence-electron chi connectivity index (χ2n) is 7.12. The van der Waals surface area contributed by atoms with Crippen LogP contribution in [0.3, 0.4) is 0 Å². The number of sulfonamides is 1. The minimum atomic E-state index is -3.50. The number of hydrogen-bond acceptors (Lipinski definition) is 6. The molecule has 0 atom stereocenters. The topological polar surface area (TPSA) is 75.6 Å². The molecule has 0 N–H and O–H groups in total. The Labute approximate surface area is 181 Å². The standard InChI is InChI=1S/C21H23ClN4O3S/c1-29-16-6-8-17(9-7-16)30(27,28)26-14-12-25(13-15-26)11-10-20-23-19-5-3-2-4-18(19)21(22)24-20/h2-9H,10-15H2,1H3. The molecule has 0 amide bonds. The fourth-order valence-electron chi connectivity index (χ4n) is 3.54. The smallest absolute Gasteiger partial charge is 0.243 e. The minimum absolute atomic E-state index is 0.288. The maximum absolute atomic E-state index is 12.9. The second kappa shape index (κ2) is 8.85. The third-order valence-corrected chi connectivity index (χ3v) is 7.48. The number of hydrogen-bond donors (Lipinski definition) is 0. The van der Waals surface area contributed by atoms with Crippen LogP contribution in [0.15, 0.2) is 53.4 Å². The first-order chi connectivity index (χ1) is 14.5. The zero-order valence-electron chi connectivity index (χ0n) is 16.7. The van der Waals surface area contributed by atoms with Gasteiger partial charge in [0.2, 0.25) is 10.0 Å². The van der Waals surface area contributed by atoms with Gasteiger partial charge < -0.3 is 9.64 Å². The normalized spacial score (nSPS) is 16.1. The molecule has 30 heavy (non-hydrogen) atoms. The Kier molecular flexibility index (Phi) is 6.19. The lowest BCUT2D eigenvalue weighted by molar-refractivity contribution is 0.189. The van der Waals surface area contributed by atoms with Crippen molar-refractivity contribution < 1.29 is 13.2 Å². The summed E-state index contributed by atoms with van der Waals surface area (Å²) in [6.45, 7) is 2.99. The number of para-hydroxylation sites is 1. The summed E-state index contributed by atoms with van der Waals surface area (Å²) in [5.41, 5.74) is 0.836. The van der Waals surface area contributed by atoms with E-state index < -0.39 is 10.0 Å². The van der Waals surface area contributed by atoms with E-state index in [1.807, 2.05) is 24.3 Å². The molecule has 1 fully saturated rings. The number of halogens is 1. The molecule has 0 aliphatic carbocycles. The molecular formula is C21H23ClN4O3S. The molecule has 1 aliphatic heterocycles. The molecule has 2 aromatic carbocycles. The molecule has 1 aliphatic rings. The number of fused-ring (bicyclic) bond motifs is 1. The molecule has 0 bridgehead atoms. The van der Waals surface area contributed by atoms with Crippen LogP contribution >= 0.6 is 11.6 Å². The first kappa shape index (κ1) is 21.0. The zero-order chi connectivity index (χ0) is 21.1. The lowest BCUT2D eigenvalue weighted by Crippen LogP contribution is -2.49. The van der Waals surface area contributed by atoms with Gasteiger partial charge >= 0.3 is 0 Å². The number of methoxy groups -OCH3 is 1. The molecule has 3 aromatic rings. The van der Waals surface area contributed by atoms with Gasteiger partial charge in [-0.3, -0.25) is 0 Å². The van der Waals surface area contributed by atoms with Gasteiger partial charge in [0.05, 0.1) is 17.5 Å². The molecule has 2 heterocycles. The molecule has 158 valence electrons. The molecular weight excluding hydrogens is 424 g/mol. The lowest BCUT2D eigenvalue weighted by Gasteiger charge is -2.33. The second-order valence-corrected chi connectivity index (χ2v) is 9.41. The number of piperazine rings is 1. The number of benzene rings is 2. The Hall–Kier alpha value is -2.26. The summed E-state index contributed by atoms with van der Waals surface area (Å²) >= 11 is 6.28. The minimum Gasteiger partial charge on any atom is -0.497 e. The van der Waals surface area contributed by atoms with Crippen LogP contribution in [0.5, 0.6) is 5.75 Å². The molecule has 7 nitrogen and oxygen atoms in total. The van der Waals surface area contributed by atoms with Crippen molar-refractivity contribution in [2.45, 2.75) is 11.3 Å². The molecule has 1 saturated heterocycles. The van der Waals surface area contributed by atoms with Crippen molar-refractivity contribution in [2.75, 3.05) is 39.8 Å². The van der Waals surface area contributed by atoms with E-state index in [4.69, 9.17) is 16.3 Å². The maximum atomic E-state index is 12.9. The van der Waals surface area contributed by atoms with Crippen LogP contribution in [0.2, 0.25) is 5.15 Å². The van der Waals surface area contributed by atoms with Crippen LogP contribution < -0.4 is 4.74 Å². The molecule has 0 radical (unpaired) electrons. The molecule has 1 aromatic heterocycles. The monoisotopic (exact) mass is 446 g/mol. The highest BCUT2D eigenvalue weighted by Gasteiger charge is 2.28. The largest absolute Gasteiger partial charge is 0.497 e. The van der Waals surface area contributed by atoms with Gasteiger partial charge in [0.1, 0.15) is 16.7 Å². The Morgan fingerprint density at radius 3 is 2.40 bits per heavy atom. The van der Waals surface area contributed by atoms with Gasteiger partial charge in [0.25, 0.3) is 0 Å². The number of aromatic nitrogens is 2. The van der Waals surface area contributed by atoms with Crippen molar-refractivity contribution in [3.05, 3.63) is 59.5 Å². The van der Waals surface area contributed by atoms with E-state index >= 15 is 0 Å². The van der Waals surface area contributed by atoms with Gasteiger partial charge in [-0.1, -0.05) is 23.7 Å². The molecule has 0 unspecified atom stereocenters. The number of nitrogens with zero attached hydrogens (tertiary/aromatic N) is 4. The van der Waals surface area contributed by atoms with E-state index in [0.717, 1.165) is 17.4 Å². The molecule has 0 saturated carbocycles. The first-order valence-electron chi connectivity index (χ1n) is 9.75. The van der Waals surface area contributed by atoms with Crippen molar-refractivity contribution in [3.8, 4) is 5.75 Å². The molecule has 4 rings (SSSR count). The molecule has 9 heteroatoms. The van der Waals surface area contributed by atoms with Crippen molar-refractivity contribution in [3.63, 3.8) is 0 Å². The lowest BCUT2D eigenvalue weighted by atomic mass is 10.2. The summed E-state index contributed by atoms with van der Waals surface area (Å²) in [5.74, 6) is 1.33. The average Bonchev–Trinajstić information content (AvgIpc) is 2.78. The van der Waals surface area contributed by atoms with E-state index in [1.54, 1.807) is 31.4 Å². The van der Waals surface area contributed by atoms with E-state index in [1.165, 1.54) is 4.31 Å². The third-order valence-electron chi connectivity index (χ3n) is 5.28. The van der Waals surface area contributed by atoms with Gasteiger partial charge in [-0.05, 0) is 36.4 Å². The summed E-state index contributed by atoms with van der Waals surface area (Å²) < 4.78 is 32.4. The Morgan fingerprint density at radius 2 is 1.70 bits per heavy atom. The van der Waals surface area contributed by atoms with E-state index in [0.29, 0.717) is 49.3 Å². The van der Waals surface area contributed by atoms with Crippen molar-refractivity contribution in [1.82, 2.24) is 19.2 Å². The van der Waals surface area contributed by atoms with Crippen molar-refractivity contribution in [2.24, 2.45) is 0 Å². The Balaban J connectivity index is 1.35. The summed E-state index contributed by atoms with van der Waals surface area (Å²) in [7, 11) is -1.94. The van der Waals surface area contributed by atoms with Gasteiger partial charge in [-0.25, -0.2) is 18.4 Å². The number of rotatable bonds is 6. The third kappa shape index (κ3) is 4.41. The Bertz CT molecular complexity index is 1130. The fourth-order valence-corrected chi connectivity index (χ4v) is 5.22. The highest BCUT2D eigenvalue weighted by atomic mass is 35.5. The van der Waals surface area contributed by atoms with Crippen molar-refractivity contribution >= 4 is 32.5 Å². The Morgan fingerprint density at radius 1 is 1.00 bits per heavy atom. The van der Waals surface area contributed by atoms with Crippen LogP contribution in [-0.4, -0.2) is 67.4 Å². The summed E-state index contributed by atoms with van der Waals surface area (Å²) in [5, 5.41) is 1.31. The van der Waals surface area contributed by atoms with Gasteiger partial charge in [0.15, 0.2) is 0 Å². The van der Waals surface area contributed by atoms with Gasteiger partial charge in [-0.15, -0.1) is 0 Å². The molecule has 0 spiro atoms. The summed E-state index contributed by atoms with van der Waals surface area (Å²) in [4.78, 5) is 11.5. The van der Waals surface area contributed by atoms with Crippen LogP contribution in [0.1, 0.15) is 5.82 Å². The SMILES string of the molecule is COc1ccc(S(=O)(=O)N2CCN(CCc3nc(Cl)c4ccccc4n3)CC2)cc1. The van der Waals surface area contributed by atoms with Gasteiger partial charge in [0, 0.05) is 44.5 Å². The summed E-state index contributed by atoms with van der Waals surface area (Å²) in [6.07, 6.45) is 0.662. The fraction of sp³-hybridized carbons (Fsp3) is 0.333. The highest BCUT2D eigenvalue weighted by Crippen LogP contribution is 2.22. The number of ether oxygens (including phenoxy) is 1. The first-order valence-corrected chi connectivity index (χ1v) is 11.6. The van der Waals surface area contributed by atoms with E-state index in [2.05, 4.69) is 14.9 Å². The van der Waals surface area contributed by atoms with E-state index in [9.17, 15) is 8.42 Å². The predicted molar refractivity (Wildman–Crippen MR) is 116 cm³/mol. The quantitative estimate of drug-likeness (QED) is 0.542. The predicted octanol–water partition coefficient (Wildman–Crippen LogP) is 2.84. The summed E-state index contributed by atoms with van der Waals surface area (Å²) in [6, 6.07) is 14.2. The van der Waals surface area contributed by atoms with Crippen molar-refractivity contribution in [1.29, 1.82) is 0 Å². The maximum Gasteiger partial charge on any atom is 0.243 e. The van der Waals surface area contributed by atoms with Crippen LogP contribution in [-0.2, 0) is 16.4 Å². The van der Waals surface area contributed by atoms with Crippen LogP contribution in [0, 0.1) is 0 Å². The van der Waals surface area contributed by atoms with Gasteiger partial charge in [-0.2, -0.15) is 4.31 Å². The average molecular weight is 447 g/mol.